The van der Waals surface area contributed by atoms with Gasteiger partial charge in [0.15, 0.2) is 11.5 Å². The number of rotatable bonds is 33. The van der Waals surface area contributed by atoms with E-state index in [2.05, 4.69) is 81.4 Å². The Hall–Kier alpha value is -5.19. The van der Waals surface area contributed by atoms with Gasteiger partial charge in [0.1, 0.15) is 28.7 Å². The Morgan fingerprint density at radius 2 is 0.988 bits per heavy atom. The lowest BCUT2D eigenvalue weighted by molar-refractivity contribution is -0.124. The number of hydrogen-bond donors (Lipinski definition) is 0. The van der Waals surface area contributed by atoms with Crippen molar-refractivity contribution in [1.82, 2.24) is 9.80 Å². The summed E-state index contributed by atoms with van der Waals surface area (Å²) in [6.07, 6.45) is 28.1. The van der Waals surface area contributed by atoms with Crippen LogP contribution in [0.15, 0.2) is 92.8 Å². The molecule has 2 unspecified atom stereocenters. The predicted molar refractivity (Wildman–Crippen MR) is 340 cm³/mol. The van der Waals surface area contributed by atoms with E-state index in [-0.39, 0.29) is 34.5 Å². The molecule has 2 amide bonds. The summed E-state index contributed by atoms with van der Waals surface area (Å²) in [5.74, 6) is 2.92. The maximum absolute atomic E-state index is 16.0. The molecule has 4 aromatic heterocycles. The summed E-state index contributed by atoms with van der Waals surface area (Å²) in [6, 6.07) is 23.5. The van der Waals surface area contributed by atoms with Crippen LogP contribution in [0.4, 0.5) is 0 Å². The quantitative estimate of drug-likeness (QED) is 0.0232. The lowest BCUT2D eigenvalue weighted by atomic mass is 9.93. The number of esters is 1. The second kappa shape index (κ2) is 28.9. The Kier molecular flexibility index (Phi) is 22.1. The van der Waals surface area contributed by atoms with Crippen LogP contribution in [0, 0.1) is 11.8 Å². The van der Waals surface area contributed by atoms with Crippen molar-refractivity contribution in [2.24, 2.45) is 11.8 Å². The molecule has 0 bridgehead atoms. The van der Waals surface area contributed by atoms with Crippen LogP contribution in [0.2, 0.25) is 0 Å². The zero-order chi connectivity index (χ0) is 57.7. The molecular formula is C71H96N2O6S2. The van der Waals surface area contributed by atoms with Crippen molar-refractivity contribution in [2.75, 3.05) is 13.1 Å². The van der Waals surface area contributed by atoms with E-state index in [1.807, 2.05) is 58.3 Å². The minimum atomic E-state index is -0.396. The standard InChI is InChI=1S/C71H96N2O6S2/c1-11-15-19-23-25-30-36-49(34-28-21-17-13-3)47-72-63(56-41-40-55(78-56)58-45-51-44-54(69(76)77-52-38-32-27-33-39-52)53-46-60(71(8,9)10)81-66(53)65(51)80-58)61-62(68(72)75)64(57-42-43-59(79-57)70(5,6)7)73(67(61)74)48-50(35-29-22-18-14-4)37-31-26-24-20-16-12-2/h27,32-33,38-46,49-50H,11-26,28-31,34-37,47-48H2,1-10H3. The molecule has 0 radical (unpaired) electrons. The molecule has 8 nitrogen and oxygen atoms in total. The highest BCUT2D eigenvalue weighted by molar-refractivity contribution is 7.29. The van der Waals surface area contributed by atoms with Crippen LogP contribution in [0.3, 0.4) is 0 Å². The monoisotopic (exact) mass is 1140 g/mol. The highest BCUT2D eigenvalue weighted by Gasteiger charge is 2.51. The van der Waals surface area contributed by atoms with Gasteiger partial charge in [-0.2, -0.15) is 0 Å². The smallest absolute Gasteiger partial charge is 0.344 e. The molecule has 6 aromatic rings. The summed E-state index contributed by atoms with van der Waals surface area (Å²) in [5.41, 5.74) is 2.19. The number of ether oxygens (including phenoxy) is 1. The van der Waals surface area contributed by atoms with Crippen molar-refractivity contribution in [3.05, 3.63) is 112 Å². The highest BCUT2D eigenvalue weighted by Crippen LogP contribution is 2.51. The van der Waals surface area contributed by atoms with E-state index in [0.717, 1.165) is 82.2 Å². The SMILES string of the molecule is CCCCCCCCC(CCCCCC)CN1C(=O)C2=C(c3ccc(C(C)(C)C)o3)N(CC(CCCCCC)CCCCCCCC)C(=O)C2=C1c1ccc(-c2cc3cc(C(=O)Oc4ccccc4)c4cc(C(C)(C)C)sc4c3s2)o1. The third-order valence-electron chi connectivity index (χ3n) is 16.8. The molecule has 2 atom stereocenters. The molecule has 0 saturated carbocycles. The molecule has 2 aliphatic rings. The average molecular weight is 1140 g/mol. The molecule has 0 spiro atoms. The molecular weight excluding hydrogens is 1040 g/mol. The van der Waals surface area contributed by atoms with E-state index in [1.165, 1.54) is 108 Å². The fraction of sp³-hybridized carbons (Fsp3) is 0.563. The van der Waals surface area contributed by atoms with Gasteiger partial charge in [-0.3, -0.25) is 9.59 Å². The highest BCUT2D eigenvalue weighted by atomic mass is 32.1. The number of amides is 2. The van der Waals surface area contributed by atoms with E-state index in [4.69, 9.17) is 13.6 Å². The third kappa shape index (κ3) is 15.3. The van der Waals surface area contributed by atoms with E-state index >= 15 is 9.59 Å². The van der Waals surface area contributed by atoms with Crippen LogP contribution < -0.4 is 4.74 Å². The van der Waals surface area contributed by atoms with Crippen molar-refractivity contribution >= 4 is 72.0 Å². The molecule has 2 aliphatic heterocycles. The van der Waals surface area contributed by atoms with Crippen molar-refractivity contribution in [3.63, 3.8) is 0 Å². The molecule has 0 saturated heterocycles. The second-order valence-electron chi connectivity index (χ2n) is 25.7. The third-order valence-corrected chi connectivity index (χ3v) is 19.7. The van der Waals surface area contributed by atoms with E-state index < -0.39 is 5.97 Å². The summed E-state index contributed by atoms with van der Waals surface area (Å²) >= 11 is 3.37. The number of carbonyl (C=O) groups is 3. The molecule has 438 valence electrons. The number of furan rings is 2. The Balaban J connectivity index is 1.24. The molecule has 81 heavy (non-hydrogen) atoms. The second-order valence-corrected chi connectivity index (χ2v) is 27.8. The van der Waals surface area contributed by atoms with Gasteiger partial charge in [-0.25, -0.2) is 4.79 Å². The number of carbonyl (C=O) groups excluding carboxylic acids is 3. The summed E-state index contributed by atoms with van der Waals surface area (Å²) in [5, 5.41) is 1.81. The Morgan fingerprint density at radius 1 is 0.519 bits per heavy atom. The zero-order valence-corrected chi connectivity index (χ0v) is 52.8. The van der Waals surface area contributed by atoms with Gasteiger partial charge in [-0.05, 0) is 103 Å². The Morgan fingerprint density at radius 3 is 1.48 bits per heavy atom. The summed E-state index contributed by atoms with van der Waals surface area (Å²) in [6.45, 7) is 23.1. The van der Waals surface area contributed by atoms with Crippen LogP contribution in [-0.2, 0) is 20.4 Å². The van der Waals surface area contributed by atoms with Crippen LogP contribution in [0.25, 0.3) is 42.2 Å². The van der Waals surface area contributed by atoms with Crippen molar-refractivity contribution in [2.45, 2.75) is 234 Å². The molecule has 8 rings (SSSR count). The summed E-state index contributed by atoms with van der Waals surface area (Å²) < 4.78 is 22.0. The lowest BCUT2D eigenvalue weighted by Crippen LogP contribution is -2.34. The van der Waals surface area contributed by atoms with Crippen molar-refractivity contribution in [3.8, 4) is 16.4 Å². The van der Waals surface area contributed by atoms with E-state index in [1.54, 1.807) is 34.8 Å². The van der Waals surface area contributed by atoms with Gasteiger partial charge in [0.25, 0.3) is 11.8 Å². The van der Waals surface area contributed by atoms with Gasteiger partial charge >= 0.3 is 5.97 Å². The van der Waals surface area contributed by atoms with Gasteiger partial charge in [0.2, 0.25) is 0 Å². The molecule has 0 fully saturated rings. The van der Waals surface area contributed by atoms with Crippen molar-refractivity contribution < 1.29 is 28.0 Å². The van der Waals surface area contributed by atoms with E-state index in [0.29, 0.717) is 64.2 Å². The molecule has 0 aliphatic carbocycles. The molecule has 2 aromatic carbocycles. The molecule has 10 heteroatoms. The minimum Gasteiger partial charge on any atom is -0.459 e. The van der Waals surface area contributed by atoms with Gasteiger partial charge in [-0.1, -0.05) is 216 Å². The Labute approximate surface area is 494 Å². The van der Waals surface area contributed by atoms with Gasteiger partial charge < -0.3 is 23.4 Å². The number of para-hydroxylation sites is 1. The maximum Gasteiger partial charge on any atom is 0.344 e. The first-order valence-electron chi connectivity index (χ1n) is 31.7. The topological polar surface area (TPSA) is 93.2 Å². The minimum absolute atomic E-state index is 0.134. The lowest BCUT2D eigenvalue weighted by Gasteiger charge is -2.29. The first kappa shape index (κ1) is 61.9. The normalized spacial score (nSPS) is 14.9. The number of benzene rings is 2. The number of unbranched alkanes of at least 4 members (excludes halogenated alkanes) is 16. The van der Waals surface area contributed by atoms with E-state index in [9.17, 15) is 4.79 Å². The first-order chi connectivity index (χ1) is 39.1. The number of thiophene rings is 2. The number of nitrogens with zero attached hydrogens (tertiary/aromatic N) is 2. The fourth-order valence-corrected chi connectivity index (χ4v) is 14.5. The van der Waals surface area contributed by atoms with Gasteiger partial charge in [-0.15, -0.1) is 22.7 Å². The van der Waals surface area contributed by atoms with Crippen LogP contribution in [0.1, 0.15) is 256 Å². The van der Waals surface area contributed by atoms with Crippen LogP contribution in [0.5, 0.6) is 5.75 Å². The fourth-order valence-electron chi connectivity index (χ4n) is 12.0. The zero-order valence-electron chi connectivity index (χ0n) is 51.1. The first-order valence-corrected chi connectivity index (χ1v) is 33.3. The molecule has 0 N–H and O–H groups in total. The average Bonchev–Trinajstić information content (AvgIpc) is 4.13. The maximum atomic E-state index is 16.0. The Bertz CT molecular complexity index is 3090. The predicted octanol–water partition coefficient (Wildman–Crippen LogP) is 21.3. The van der Waals surface area contributed by atoms with Crippen molar-refractivity contribution in [1.29, 1.82) is 0 Å². The van der Waals surface area contributed by atoms with Crippen LogP contribution >= 0.6 is 22.7 Å². The van der Waals surface area contributed by atoms with Gasteiger partial charge in [0.05, 0.1) is 31.0 Å². The van der Waals surface area contributed by atoms with Crippen LogP contribution in [-0.4, -0.2) is 40.7 Å². The number of hydrogen-bond acceptors (Lipinski definition) is 8. The summed E-state index contributed by atoms with van der Waals surface area (Å²) in [4.78, 5) is 52.0. The summed E-state index contributed by atoms with van der Waals surface area (Å²) in [7, 11) is 0. The number of fused-ring (bicyclic) bond motifs is 4. The van der Waals surface area contributed by atoms with Gasteiger partial charge in [0, 0.05) is 28.8 Å². The largest absolute Gasteiger partial charge is 0.459 e. The molecule has 6 heterocycles.